The summed E-state index contributed by atoms with van der Waals surface area (Å²) >= 11 is 4.94. The Hall–Kier alpha value is -1.14. The second-order valence-corrected chi connectivity index (χ2v) is 6.19. The molecule has 0 amide bonds. The maximum absolute atomic E-state index is 4.39. The molecule has 2 rings (SSSR count). The lowest BCUT2D eigenvalue weighted by Crippen LogP contribution is -2.04. The zero-order valence-corrected chi connectivity index (χ0v) is 13.4. The lowest BCUT2D eigenvalue weighted by Gasteiger charge is -2.14. The summed E-state index contributed by atoms with van der Waals surface area (Å²) in [5.41, 5.74) is 1.12. The van der Waals surface area contributed by atoms with Gasteiger partial charge in [-0.1, -0.05) is 13.8 Å². The van der Waals surface area contributed by atoms with Gasteiger partial charge in [0.25, 0.3) is 0 Å². The first kappa shape index (κ1) is 14.3. The molecule has 0 aliphatic carbocycles. The Bertz CT molecular complexity index is 557. The third-order valence-corrected chi connectivity index (χ3v) is 4.00. The number of halogens is 1. The van der Waals surface area contributed by atoms with Crippen LogP contribution in [0.4, 0.5) is 5.82 Å². The number of nitrogens with zero attached hydrogens (tertiary/aromatic N) is 3. The summed E-state index contributed by atoms with van der Waals surface area (Å²) in [4.78, 5) is 13.0. The van der Waals surface area contributed by atoms with Gasteiger partial charge in [0.15, 0.2) is 0 Å². The molecule has 0 spiro atoms. The maximum atomic E-state index is 4.39. The fourth-order valence-corrected chi connectivity index (χ4v) is 2.92. The van der Waals surface area contributed by atoms with E-state index in [1.807, 2.05) is 19.2 Å². The van der Waals surface area contributed by atoms with E-state index >= 15 is 0 Å². The fourth-order valence-electron chi connectivity index (χ4n) is 1.70. The molecule has 19 heavy (non-hydrogen) atoms. The van der Waals surface area contributed by atoms with Crippen LogP contribution in [0.1, 0.15) is 25.3 Å². The van der Waals surface area contributed by atoms with Gasteiger partial charge in [-0.2, -0.15) is 0 Å². The molecule has 0 saturated carbocycles. The molecule has 0 fully saturated rings. The highest BCUT2D eigenvalue weighted by Gasteiger charge is 2.15. The standard InChI is InChI=1S/C13H15BrN4S/c1-8(2)11-12(15-3)17-7-18-13(11)19-10-5-4-9(14)6-16-10/h4-8H,1-3H3,(H,15,17,18). The highest BCUT2D eigenvalue weighted by molar-refractivity contribution is 9.10. The van der Waals surface area contributed by atoms with Crippen molar-refractivity contribution in [2.45, 2.75) is 29.8 Å². The number of hydrogen-bond acceptors (Lipinski definition) is 5. The van der Waals surface area contributed by atoms with Crippen LogP contribution in [0, 0.1) is 0 Å². The fraction of sp³-hybridized carbons (Fsp3) is 0.308. The molecule has 2 aromatic heterocycles. The third kappa shape index (κ3) is 3.45. The Morgan fingerprint density at radius 3 is 2.58 bits per heavy atom. The molecular formula is C13H15BrN4S. The molecule has 2 heterocycles. The first-order valence-electron chi connectivity index (χ1n) is 5.94. The molecule has 6 heteroatoms. The average Bonchev–Trinajstić information content (AvgIpc) is 2.40. The van der Waals surface area contributed by atoms with E-state index < -0.39 is 0 Å². The second-order valence-electron chi connectivity index (χ2n) is 4.26. The van der Waals surface area contributed by atoms with Crippen molar-refractivity contribution in [1.29, 1.82) is 0 Å². The van der Waals surface area contributed by atoms with E-state index in [1.165, 1.54) is 0 Å². The van der Waals surface area contributed by atoms with Gasteiger partial charge >= 0.3 is 0 Å². The second kappa shape index (κ2) is 6.34. The molecule has 100 valence electrons. The zero-order valence-electron chi connectivity index (χ0n) is 11.0. The quantitative estimate of drug-likeness (QED) is 0.855. The van der Waals surface area contributed by atoms with Crippen molar-refractivity contribution in [3.05, 3.63) is 34.7 Å². The molecule has 0 radical (unpaired) electrons. The van der Waals surface area contributed by atoms with E-state index in [9.17, 15) is 0 Å². The van der Waals surface area contributed by atoms with Crippen LogP contribution in [0.15, 0.2) is 39.2 Å². The molecule has 0 aromatic carbocycles. The van der Waals surface area contributed by atoms with Gasteiger partial charge < -0.3 is 5.32 Å². The first-order valence-corrected chi connectivity index (χ1v) is 7.54. The summed E-state index contributed by atoms with van der Waals surface area (Å²) in [7, 11) is 1.88. The van der Waals surface area contributed by atoms with Crippen molar-refractivity contribution in [1.82, 2.24) is 15.0 Å². The number of rotatable bonds is 4. The predicted molar refractivity (Wildman–Crippen MR) is 81.7 cm³/mol. The summed E-state index contributed by atoms with van der Waals surface area (Å²) in [6, 6.07) is 3.95. The number of aromatic nitrogens is 3. The minimum atomic E-state index is 0.349. The van der Waals surface area contributed by atoms with E-state index in [1.54, 1.807) is 24.3 Å². The van der Waals surface area contributed by atoms with Crippen LogP contribution < -0.4 is 5.32 Å². The number of anilines is 1. The van der Waals surface area contributed by atoms with Crippen molar-refractivity contribution in [3.63, 3.8) is 0 Å². The predicted octanol–water partition coefficient (Wildman–Crippen LogP) is 3.95. The minimum absolute atomic E-state index is 0.349. The summed E-state index contributed by atoms with van der Waals surface area (Å²) in [5, 5.41) is 4.99. The topological polar surface area (TPSA) is 50.7 Å². The summed E-state index contributed by atoms with van der Waals surface area (Å²) in [5.74, 6) is 1.23. The third-order valence-electron chi connectivity index (χ3n) is 2.56. The summed E-state index contributed by atoms with van der Waals surface area (Å²) < 4.78 is 0.972. The van der Waals surface area contributed by atoms with Gasteiger partial charge in [0.1, 0.15) is 22.2 Å². The molecule has 0 aliphatic rings. The van der Waals surface area contributed by atoms with Crippen LogP contribution >= 0.6 is 27.7 Å². The smallest absolute Gasteiger partial charge is 0.133 e. The highest BCUT2D eigenvalue weighted by Crippen LogP contribution is 2.34. The molecule has 0 atom stereocenters. The minimum Gasteiger partial charge on any atom is -0.373 e. The Morgan fingerprint density at radius 2 is 2.00 bits per heavy atom. The number of nitrogens with one attached hydrogen (secondary N) is 1. The summed E-state index contributed by atoms with van der Waals surface area (Å²) in [6.07, 6.45) is 3.37. The zero-order chi connectivity index (χ0) is 13.8. The number of pyridine rings is 1. The Kier molecular flexibility index (Phi) is 4.76. The van der Waals surface area contributed by atoms with Crippen molar-refractivity contribution in [2.24, 2.45) is 0 Å². The Labute approximate surface area is 125 Å². The van der Waals surface area contributed by atoms with Gasteiger partial charge in [-0.05, 0) is 45.7 Å². The average molecular weight is 339 g/mol. The van der Waals surface area contributed by atoms with Gasteiger partial charge in [-0.15, -0.1) is 0 Å². The van der Waals surface area contributed by atoms with E-state index in [-0.39, 0.29) is 0 Å². The van der Waals surface area contributed by atoms with Crippen LogP contribution in [0.5, 0.6) is 0 Å². The van der Waals surface area contributed by atoms with Gasteiger partial charge in [0.2, 0.25) is 0 Å². The molecule has 0 bridgehead atoms. The van der Waals surface area contributed by atoms with Gasteiger partial charge in [-0.3, -0.25) is 0 Å². The number of hydrogen-bond donors (Lipinski definition) is 1. The highest BCUT2D eigenvalue weighted by atomic mass is 79.9. The molecule has 0 unspecified atom stereocenters. The van der Waals surface area contributed by atoms with E-state index in [0.717, 1.165) is 25.9 Å². The van der Waals surface area contributed by atoms with Crippen LogP contribution in [0.25, 0.3) is 0 Å². The van der Waals surface area contributed by atoms with Crippen LogP contribution in [0.3, 0.4) is 0 Å². The lowest BCUT2D eigenvalue weighted by atomic mass is 10.1. The van der Waals surface area contributed by atoms with E-state index in [0.29, 0.717) is 5.92 Å². The van der Waals surface area contributed by atoms with Crippen LogP contribution in [0.2, 0.25) is 0 Å². The van der Waals surface area contributed by atoms with Crippen molar-refractivity contribution < 1.29 is 0 Å². The Morgan fingerprint density at radius 1 is 1.21 bits per heavy atom. The maximum Gasteiger partial charge on any atom is 0.133 e. The van der Waals surface area contributed by atoms with Crippen molar-refractivity contribution in [2.75, 3.05) is 12.4 Å². The van der Waals surface area contributed by atoms with Crippen LogP contribution in [-0.4, -0.2) is 22.0 Å². The Balaban J connectivity index is 2.36. The monoisotopic (exact) mass is 338 g/mol. The molecule has 1 N–H and O–H groups in total. The normalized spacial score (nSPS) is 10.8. The van der Waals surface area contributed by atoms with Crippen molar-refractivity contribution >= 4 is 33.5 Å². The lowest BCUT2D eigenvalue weighted by molar-refractivity contribution is 0.805. The van der Waals surface area contributed by atoms with E-state index in [2.05, 4.69) is 50.0 Å². The SMILES string of the molecule is CNc1ncnc(Sc2ccc(Br)cn2)c1C(C)C. The van der Waals surface area contributed by atoms with Gasteiger partial charge in [0, 0.05) is 23.3 Å². The van der Waals surface area contributed by atoms with E-state index in [4.69, 9.17) is 0 Å². The summed E-state index contributed by atoms with van der Waals surface area (Å²) in [6.45, 7) is 4.28. The molecule has 2 aromatic rings. The van der Waals surface area contributed by atoms with Crippen molar-refractivity contribution in [3.8, 4) is 0 Å². The molecule has 0 aliphatic heterocycles. The first-order chi connectivity index (χ1) is 9.11. The molecule has 4 nitrogen and oxygen atoms in total. The van der Waals surface area contributed by atoms with Gasteiger partial charge in [-0.25, -0.2) is 15.0 Å². The van der Waals surface area contributed by atoms with Crippen LogP contribution in [-0.2, 0) is 0 Å². The van der Waals surface area contributed by atoms with Gasteiger partial charge in [0.05, 0.1) is 0 Å². The largest absolute Gasteiger partial charge is 0.373 e. The molecule has 0 saturated heterocycles. The molecular weight excluding hydrogens is 324 g/mol.